The van der Waals surface area contributed by atoms with E-state index in [1.807, 2.05) is 12.1 Å². The first-order valence-corrected chi connectivity index (χ1v) is 6.02. The van der Waals surface area contributed by atoms with E-state index in [-0.39, 0.29) is 5.82 Å². The topological polar surface area (TPSA) is 4.93 Å². The summed E-state index contributed by atoms with van der Waals surface area (Å²) < 4.78 is 15.1. The molecule has 1 heterocycles. The summed E-state index contributed by atoms with van der Waals surface area (Å²) in [5.41, 5.74) is 3.58. The van der Waals surface area contributed by atoms with Crippen molar-refractivity contribution >= 4 is 10.9 Å². The van der Waals surface area contributed by atoms with Crippen molar-refractivity contribution in [3.05, 3.63) is 71.7 Å². The summed E-state index contributed by atoms with van der Waals surface area (Å²) in [4.78, 5) is 0. The van der Waals surface area contributed by atoms with Gasteiger partial charge in [-0.25, -0.2) is 4.39 Å². The average Bonchev–Trinajstić information content (AvgIpc) is 2.75. The van der Waals surface area contributed by atoms with Crippen molar-refractivity contribution in [2.24, 2.45) is 0 Å². The molecule has 0 radical (unpaired) electrons. The van der Waals surface area contributed by atoms with E-state index in [2.05, 4.69) is 42.0 Å². The number of halogens is 1. The molecule has 0 spiro atoms. The van der Waals surface area contributed by atoms with E-state index in [4.69, 9.17) is 0 Å². The van der Waals surface area contributed by atoms with E-state index in [0.717, 1.165) is 12.1 Å². The number of aromatic nitrogens is 1. The Morgan fingerprint density at radius 3 is 2.56 bits per heavy atom. The smallest absolute Gasteiger partial charge is 0.123 e. The van der Waals surface area contributed by atoms with Crippen molar-refractivity contribution in [3.8, 4) is 0 Å². The first-order valence-electron chi connectivity index (χ1n) is 6.02. The highest BCUT2D eigenvalue weighted by molar-refractivity contribution is 5.80. The van der Waals surface area contributed by atoms with Gasteiger partial charge in [0.2, 0.25) is 0 Å². The van der Waals surface area contributed by atoms with Gasteiger partial charge < -0.3 is 4.57 Å². The Balaban J connectivity index is 1.99. The molecule has 0 saturated carbocycles. The van der Waals surface area contributed by atoms with Crippen LogP contribution in [0, 0.1) is 12.7 Å². The van der Waals surface area contributed by atoms with Gasteiger partial charge in [0.25, 0.3) is 0 Å². The van der Waals surface area contributed by atoms with E-state index < -0.39 is 0 Å². The van der Waals surface area contributed by atoms with Crippen LogP contribution >= 0.6 is 0 Å². The molecule has 3 rings (SSSR count). The quantitative estimate of drug-likeness (QED) is 0.633. The van der Waals surface area contributed by atoms with Crippen LogP contribution in [0.5, 0.6) is 0 Å². The van der Waals surface area contributed by atoms with E-state index in [9.17, 15) is 4.39 Å². The zero-order chi connectivity index (χ0) is 12.5. The maximum absolute atomic E-state index is 12.9. The fourth-order valence-corrected chi connectivity index (χ4v) is 2.22. The van der Waals surface area contributed by atoms with Crippen LogP contribution in [-0.4, -0.2) is 4.57 Å². The van der Waals surface area contributed by atoms with Crippen molar-refractivity contribution in [3.63, 3.8) is 0 Å². The van der Waals surface area contributed by atoms with Crippen LogP contribution in [0.25, 0.3) is 10.9 Å². The van der Waals surface area contributed by atoms with Gasteiger partial charge in [-0.2, -0.15) is 0 Å². The van der Waals surface area contributed by atoms with Crippen LogP contribution in [0.3, 0.4) is 0 Å². The Labute approximate surface area is 105 Å². The van der Waals surface area contributed by atoms with Crippen LogP contribution in [0.15, 0.2) is 54.7 Å². The average molecular weight is 239 g/mol. The molecule has 0 aliphatic rings. The number of hydrogen-bond acceptors (Lipinski definition) is 0. The lowest BCUT2D eigenvalue weighted by Gasteiger charge is -2.06. The molecule has 0 aliphatic carbocycles. The van der Waals surface area contributed by atoms with Gasteiger partial charge in [-0.15, -0.1) is 0 Å². The van der Waals surface area contributed by atoms with Gasteiger partial charge in [0.15, 0.2) is 0 Å². The maximum atomic E-state index is 12.9. The Hall–Kier alpha value is -2.09. The van der Waals surface area contributed by atoms with Crippen LogP contribution in [0.2, 0.25) is 0 Å². The number of rotatable bonds is 2. The molecule has 1 aromatic heterocycles. The summed E-state index contributed by atoms with van der Waals surface area (Å²) in [6.07, 6.45) is 2.08. The van der Waals surface area contributed by atoms with Crippen molar-refractivity contribution in [1.82, 2.24) is 4.57 Å². The summed E-state index contributed by atoms with van der Waals surface area (Å²) in [7, 11) is 0. The van der Waals surface area contributed by atoms with Gasteiger partial charge in [-0.05, 0) is 47.7 Å². The normalized spacial score (nSPS) is 11.0. The van der Waals surface area contributed by atoms with Gasteiger partial charge in [0.1, 0.15) is 5.82 Å². The molecule has 1 nitrogen and oxygen atoms in total. The molecule has 18 heavy (non-hydrogen) atoms. The highest BCUT2D eigenvalue weighted by Gasteiger charge is 2.02. The van der Waals surface area contributed by atoms with E-state index in [0.29, 0.717) is 0 Å². The molecule has 0 unspecified atom stereocenters. The zero-order valence-electron chi connectivity index (χ0n) is 10.2. The summed E-state index contributed by atoms with van der Waals surface area (Å²) in [6.45, 7) is 2.86. The van der Waals surface area contributed by atoms with Crippen molar-refractivity contribution < 1.29 is 4.39 Å². The molecule has 0 aliphatic heterocycles. The second-order valence-corrected chi connectivity index (χ2v) is 4.63. The molecule has 0 N–H and O–H groups in total. The largest absolute Gasteiger partial charge is 0.343 e. The minimum Gasteiger partial charge on any atom is -0.343 e. The summed E-state index contributed by atoms with van der Waals surface area (Å²) in [6, 6.07) is 15.2. The number of nitrogens with zero attached hydrogens (tertiary/aromatic N) is 1. The van der Waals surface area contributed by atoms with E-state index in [1.165, 1.54) is 28.6 Å². The summed E-state index contributed by atoms with van der Waals surface area (Å²) in [5.74, 6) is -0.188. The summed E-state index contributed by atoms with van der Waals surface area (Å²) >= 11 is 0. The number of hydrogen-bond donors (Lipinski definition) is 0. The zero-order valence-corrected chi connectivity index (χ0v) is 10.2. The molecule has 2 aromatic carbocycles. The third-order valence-corrected chi connectivity index (χ3v) is 3.20. The molecule has 0 atom stereocenters. The Bertz CT molecular complexity index is 680. The van der Waals surface area contributed by atoms with Crippen LogP contribution in [0.1, 0.15) is 11.1 Å². The number of benzene rings is 2. The maximum Gasteiger partial charge on any atom is 0.123 e. The first kappa shape index (κ1) is 11.0. The molecule has 3 aromatic rings. The first-order chi connectivity index (χ1) is 8.72. The van der Waals surface area contributed by atoms with Crippen molar-refractivity contribution in [1.29, 1.82) is 0 Å². The Morgan fingerprint density at radius 2 is 1.78 bits per heavy atom. The van der Waals surface area contributed by atoms with E-state index in [1.54, 1.807) is 0 Å². The van der Waals surface area contributed by atoms with Gasteiger partial charge in [0, 0.05) is 18.3 Å². The van der Waals surface area contributed by atoms with E-state index >= 15 is 0 Å². The molecule has 0 bridgehead atoms. The van der Waals surface area contributed by atoms with Gasteiger partial charge >= 0.3 is 0 Å². The van der Waals surface area contributed by atoms with Gasteiger partial charge in [-0.1, -0.05) is 24.3 Å². The van der Waals surface area contributed by atoms with Crippen LogP contribution in [0.4, 0.5) is 4.39 Å². The molecule has 0 amide bonds. The third-order valence-electron chi connectivity index (χ3n) is 3.20. The van der Waals surface area contributed by atoms with Gasteiger partial charge in [-0.3, -0.25) is 0 Å². The molecular weight excluding hydrogens is 225 g/mol. The molecule has 2 heteroatoms. The number of fused-ring (bicyclic) bond motifs is 1. The fraction of sp³-hybridized carbons (Fsp3) is 0.125. The highest BCUT2D eigenvalue weighted by Crippen LogP contribution is 2.18. The highest BCUT2D eigenvalue weighted by atomic mass is 19.1. The second-order valence-electron chi connectivity index (χ2n) is 4.63. The molecule has 0 fully saturated rings. The van der Waals surface area contributed by atoms with Crippen molar-refractivity contribution in [2.45, 2.75) is 13.5 Å². The predicted octanol–water partition coefficient (Wildman–Crippen LogP) is 4.14. The monoisotopic (exact) mass is 239 g/mol. The molecule has 90 valence electrons. The number of aryl methyl sites for hydroxylation is 1. The Kier molecular flexibility index (Phi) is 2.63. The van der Waals surface area contributed by atoms with Crippen molar-refractivity contribution in [2.75, 3.05) is 0 Å². The minimum absolute atomic E-state index is 0.188. The lowest BCUT2D eigenvalue weighted by atomic mass is 10.2. The predicted molar refractivity (Wildman–Crippen MR) is 72.2 cm³/mol. The lowest BCUT2D eigenvalue weighted by Crippen LogP contribution is -1.97. The summed E-state index contributed by atoms with van der Waals surface area (Å²) in [5, 5.41) is 1.24. The van der Waals surface area contributed by atoms with Crippen LogP contribution < -0.4 is 0 Å². The SMILES string of the molecule is Cc1ccc2ccn(Cc3ccc(F)cc3)c2c1. The molecule has 0 saturated heterocycles. The molecular formula is C16H14FN. The van der Waals surface area contributed by atoms with Crippen LogP contribution in [-0.2, 0) is 6.54 Å². The minimum atomic E-state index is -0.188. The van der Waals surface area contributed by atoms with Gasteiger partial charge in [0.05, 0.1) is 0 Å². The third kappa shape index (κ3) is 2.02. The lowest BCUT2D eigenvalue weighted by molar-refractivity contribution is 0.626. The Morgan fingerprint density at radius 1 is 1.00 bits per heavy atom. The second kappa shape index (κ2) is 4.30. The fourth-order valence-electron chi connectivity index (χ4n) is 2.22. The standard InChI is InChI=1S/C16H14FN/c1-12-2-5-14-8-9-18(16(14)10-12)11-13-3-6-15(17)7-4-13/h2-10H,11H2,1H3.